The van der Waals surface area contributed by atoms with Crippen molar-refractivity contribution >= 4 is 16.7 Å². The molecular formula is C17H19N5O. The van der Waals surface area contributed by atoms with Gasteiger partial charge in [0.25, 0.3) is 0 Å². The Morgan fingerprint density at radius 2 is 2.17 bits per heavy atom. The van der Waals surface area contributed by atoms with E-state index in [4.69, 9.17) is 4.98 Å². The van der Waals surface area contributed by atoms with E-state index in [0.717, 1.165) is 48.2 Å². The van der Waals surface area contributed by atoms with E-state index in [0.29, 0.717) is 6.04 Å². The van der Waals surface area contributed by atoms with Crippen LogP contribution in [-0.2, 0) is 13.2 Å². The lowest BCUT2D eigenvalue weighted by Gasteiger charge is -2.27. The van der Waals surface area contributed by atoms with E-state index in [2.05, 4.69) is 15.0 Å². The number of benzene rings is 1. The molecule has 0 saturated carbocycles. The number of anilines is 1. The molecule has 1 atom stereocenters. The summed E-state index contributed by atoms with van der Waals surface area (Å²) < 4.78 is 1.86. The second-order valence-corrected chi connectivity index (χ2v) is 5.93. The van der Waals surface area contributed by atoms with E-state index < -0.39 is 0 Å². The Bertz CT molecular complexity index is 802. The van der Waals surface area contributed by atoms with Gasteiger partial charge in [0.1, 0.15) is 18.5 Å². The van der Waals surface area contributed by atoms with Crippen LogP contribution in [0.1, 0.15) is 18.4 Å². The maximum Gasteiger partial charge on any atom is 0.137 e. The first-order valence-electron chi connectivity index (χ1n) is 7.94. The summed E-state index contributed by atoms with van der Waals surface area (Å²) in [5, 5.41) is 15.1. The normalized spacial score (nSPS) is 18.0. The fraction of sp³-hybridized carbons (Fsp3) is 0.353. The first-order valence-corrected chi connectivity index (χ1v) is 7.94. The lowest BCUT2D eigenvalue weighted by atomic mass is 10.1. The van der Waals surface area contributed by atoms with Crippen molar-refractivity contribution in [1.29, 1.82) is 0 Å². The van der Waals surface area contributed by atoms with E-state index in [1.165, 1.54) is 0 Å². The number of nitrogens with zero attached hydrogens (tertiary/aromatic N) is 5. The summed E-state index contributed by atoms with van der Waals surface area (Å²) in [6.07, 6.45) is 5.53. The van der Waals surface area contributed by atoms with Crippen LogP contribution >= 0.6 is 0 Å². The number of para-hydroxylation sites is 1. The molecule has 0 bridgehead atoms. The molecule has 1 fully saturated rings. The highest BCUT2D eigenvalue weighted by Crippen LogP contribution is 2.30. The molecule has 3 aromatic rings. The summed E-state index contributed by atoms with van der Waals surface area (Å²) in [6, 6.07) is 10.4. The van der Waals surface area contributed by atoms with Gasteiger partial charge in [-0.3, -0.25) is 4.68 Å². The number of fused-ring (bicyclic) bond motifs is 1. The van der Waals surface area contributed by atoms with Gasteiger partial charge in [-0.05, 0) is 25.0 Å². The second kappa shape index (κ2) is 5.96. The largest absolute Gasteiger partial charge is 0.392 e. The molecule has 3 heterocycles. The van der Waals surface area contributed by atoms with Crippen LogP contribution in [0.5, 0.6) is 0 Å². The Morgan fingerprint density at radius 1 is 1.26 bits per heavy atom. The maximum atomic E-state index is 9.79. The molecule has 1 N–H and O–H groups in total. The van der Waals surface area contributed by atoms with E-state index in [-0.39, 0.29) is 6.61 Å². The predicted molar refractivity (Wildman–Crippen MR) is 88.1 cm³/mol. The Kier molecular flexibility index (Phi) is 3.67. The summed E-state index contributed by atoms with van der Waals surface area (Å²) in [6.45, 7) is 1.75. The highest BCUT2D eigenvalue weighted by Gasteiger charge is 2.28. The molecule has 1 unspecified atom stereocenters. The Morgan fingerprint density at radius 3 is 3.00 bits per heavy atom. The topological polar surface area (TPSA) is 67.1 Å². The standard InChI is InChI=1S/C17H19N5O/c23-10-14-8-13-4-1-2-6-16(13)20-17(14)22-7-3-5-15(22)9-21-12-18-11-19-21/h1-2,4,6,8,11-12,15,23H,3,5,7,9-10H2. The van der Waals surface area contributed by atoms with Gasteiger partial charge in [0.2, 0.25) is 0 Å². The highest BCUT2D eigenvalue weighted by atomic mass is 16.3. The van der Waals surface area contributed by atoms with Crippen LogP contribution in [-0.4, -0.2) is 37.4 Å². The minimum absolute atomic E-state index is 0.000285. The van der Waals surface area contributed by atoms with Crippen LogP contribution in [0.4, 0.5) is 5.82 Å². The fourth-order valence-corrected chi connectivity index (χ4v) is 3.36. The van der Waals surface area contributed by atoms with Crippen LogP contribution in [0.15, 0.2) is 43.0 Å². The third-order valence-electron chi connectivity index (χ3n) is 4.46. The fourth-order valence-electron chi connectivity index (χ4n) is 3.36. The lowest BCUT2D eigenvalue weighted by molar-refractivity contribution is 0.281. The molecule has 6 heteroatoms. The monoisotopic (exact) mass is 309 g/mol. The molecule has 0 amide bonds. The Labute approximate surface area is 134 Å². The quantitative estimate of drug-likeness (QED) is 0.798. The zero-order chi connectivity index (χ0) is 15.6. The number of pyridine rings is 1. The average Bonchev–Trinajstić information content (AvgIpc) is 3.26. The third-order valence-corrected chi connectivity index (χ3v) is 4.46. The number of aromatic nitrogens is 4. The van der Waals surface area contributed by atoms with Crippen molar-refractivity contribution in [2.75, 3.05) is 11.4 Å². The smallest absolute Gasteiger partial charge is 0.137 e. The van der Waals surface area contributed by atoms with Crippen molar-refractivity contribution in [2.45, 2.75) is 32.0 Å². The van der Waals surface area contributed by atoms with Gasteiger partial charge in [0.15, 0.2) is 0 Å². The maximum absolute atomic E-state index is 9.79. The molecule has 4 rings (SSSR count). The number of rotatable bonds is 4. The van der Waals surface area contributed by atoms with Crippen LogP contribution < -0.4 is 4.90 Å². The van der Waals surface area contributed by atoms with Crippen molar-refractivity contribution in [1.82, 2.24) is 19.7 Å². The van der Waals surface area contributed by atoms with Gasteiger partial charge < -0.3 is 10.0 Å². The number of aliphatic hydroxyl groups is 1. The molecule has 6 nitrogen and oxygen atoms in total. The molecule has 0 radical (unpaired) electrons. The van der Waals surface area contributed by atoms with Crippen molar-refractivity contribution < 1.29 is 5.11 Å². The Balaban J connectivity index is 1.71. The van der Waals surface area contributed by atoms with Crippen molar-refractivity contribution in [3.63, 3.8) is 0 Å². The number of hydrogen-bond acceptors (Lipinski definition) is 5. The molecule has 118 valence electrons. The molecule has 2 aromatic heterocycles. The highest BCUT2D eigenvalue weighted by molar-refractivity contribution is 5.81. The molecule has 1 saturated heterocycles. The first-order chi connectivity index (χ1) is 11.3. The van der Waals surface area contributed by atoms with Crippen molar-refractivity contribution in [2.24, 2.45) is 0 Å². The van der Waals surface area contributed by atoms with Crippen molar-refractivity contribution in [3.8, 4) is 0 Å². The summed E-state index contributed by atoms with van der Waals surface area (Å²) in [5.74, 6) is 0.897. The SMILES string of the molecule is OCc1cc2ccccc2nc1N1CCCC1Cn1cncn1. The molecule has 1 aliphatic heterocycles. The molecule has 0 spiro atoms. The minimum Gasteiger partial charge on any atom is -0.392 e. The van der Waals surface area contributed by atoms with Crippen LogP contribution in [0.25, 0.3) is 10.9 Å². The van der Waals surface area contributed by atoms with Gasteiger partial charge in [0, 0.05) is 17.5 Å². The molecular weight excluding hydrogens is 290 g/mol. The molecule has 23 heavy (non-hydrogen) atoms. The van der Waals surface area contributed by atoms with Gasteiger partial charge in [-0.2, -0.15) is 5.10 Å². The number of hydrogen-bond donors (Lipinski definition) is 1. The summed E-state index contributed by atoms with van der Waals surface area (Å²) in [7, 11) is 0. The average molecular weight is 309 g/mol. The predicted octanol–water partition coefficient (Wildman–Crippen LogP) is 1.99. The summed E-state index contributed by atoms with van der Waals surface area (Å²) in [4.78, 5) is 11.1. The minimum atomic E-state index is -0.000285. The van der Waals surface area contributed by atoms with Gasteiger partial charge in [0.05, 0.1) is 24.7 Å². The zero-order valence-electron chi connectivity index (χ0n) is 12.8. The van der Waals surface area contributed by atoms with Crippen LogP contribution in [0.3, 0.4) is 0 Å². The summed E-state index contributed by atoms with van der Waals surface area (Å²) >= 11 is 0. The van der Waals surface area contributed by atoms with E-state index in [1.54, 1.807) is 12.7 Å². The van der Waals surface area contributed by atoms with E-state index in [9.17, 15) is 5.11 Å². The van der Waals surface area contributed by atoms with Crippen molar-refractivity contribution in [3.05, 3.63) is 48.5 Å². The Hall–Kier alpha value is -2.47. The van der Waals surface area contributed by atoms with Gasteiger partial charge in [-0.15, -0.1) is 0 Å². The molecule has 0 aliphatic carbocycles. The van der Waals surface area contributed by atoms with E-state index >= 15 is 0 Å². The summed E-state index contributed by atoms with van der Waals surface area (Å²) in [5.41, 5.74) is 1.85. The number of aliphatic hydroxyl groups excluding tert-OH is 1. The van der Waals surface area contributed by atoms with Gasteiger partial charge in [-0.1, -0.05) is 18.2 Å². The third kappa shape index (κ3) is 2.66. The van der Waals surface area contributed by atoms with E-state index in [1.807, 2.05) is 35.0 Å². The zero-order valence-corrected chi connectivity index (χ0v) is 12.8. The van der Waals surface area contributed by atoms with Gasteiger partial charge in [-0.25, -0.2) is 9.97 Å². The first kappa shape index (κ1) is 14.1. The molecule has 1 aliphatic rings. The van der Waals surface area contributed by atoms with Crippen LogP contribution in [0.2, 0.25) is 0 Å². The second-order valence-electron chi connectivity index (χ2n) is 5.93. The van der Waals surface area contributed by atoms with Crippen LogP contribution in [0, 0.1) is 0 Å². The molecule has 1 aromatic carbocycles. The lowest BCUT2D eigenvalue weighted by Crippen LogP contribution is -2.34. The van der Waals surface area contributed by atoms with Gasteiger partial charge >= 0.3 is 0 Å².